The van der Waals surface area contributed by atoms with Gasteiger partial charge in [-0.1, -0.05) is 133 Å². The highest BCUT2D eigenvalue weighted by Crippen LogP contribution is 2.16. The first-order valence-corrected chi connectivity index (χ1v) is 13.2. The summed E-state index contributed by atoms with van der Waals surface area (Å²) in [6.07, 6.45) is 19.9. The summed E-state index contributed by atoms with van der Waals surface area (Å²) in [4.78, 5) is 0.870. The first kappa shape index (κ1) is 26.3. The molecule has 0 saturated carbocycles. The quantitative estimate of drug-likeness (QED) is 0.103. The van der Waals surface area contributed by atoms with Crippen LogP contribution in [0.2, 0.25) is 0 Å². The summed E-state index contributed by atoms with van der Waals surface area (Å²) < 4.78 is 5.91. The second kappa shape index (κ2) is 16.7. The third-order valence-corrected chi connectivity index (χ3v) is 6.22. The highest BCUT2D eigenvalue weighted by atomic mass is 32.1. The van der Waals surface area contributed by atoms with Crippen LogP contribution in [-0.2, 0) is 6.42 Å². The monoisotopic (exact) mass is 450 g/mol. The number of allylic oxidation sites excluding steroid dienone is 1. The average molecular weight is 451 g/mol. The Labute approximate surface area is 202 Å². The van der Waals surface area contributed by atoms with Crippen molar-refractivity contribution in [2.75, 3.05) is 6.61 Å². The molecule has 0 unspecified atom stereocenters. The largest absolute Gasteiger partial charge is 0.494 e. The van der Waals surface area contributed by atoms with Gasteiger partial charge in [-0.2, -0.15) is 0 Å². The van der Waals surface area contributed by atoms with E-state index in [0.717, 1.165) is 41.2 Å². The molecule has 0 heterocycles. The van der Waals surface area contributed by atoms with Crippen molar-refractivity contribution in [2.24, 2.45) is 0 Å². The van der Waals surface area contributed by atoms with Crippen LogP contribution in [0, 0.1) is 0 Å². The zero-order valence-electron chi connectivity index (χ0n) is 20.3. The molecule has 2 rings (SSSR count). The fourth-order valence-corrected chi connectivity index (χ4v) is 4.05. The Hall–Kier alpha value is -1.93. The lowest BCUT2D eigenvalue weighted by Crippen LogP contribution is -1.97. The van der Waals surface area contributed by atoms with Crippen molar-refractivity contribution in [1.29, 1.82) is 0 Å². The smallest absolute Gasteiger partial charge is 0.119 e. The second-order valence-electron chi connectivity index (χ2n) is 8.74. The van der Waals surface area contributed by atoms with Crippen LogP contribution in [0.25, 0.3) is 6.08 Å². The predicted octanol–water partition coefficient (Wildman–Crippen LogP) is 9.37. The van der Waals surface area contributed by atoms with Crippen LogP contribution < -0.4 is 4.74 Å². The maximum Gasteiger partial charge on any atom is 0.119 e. The number of unbranched alkanes of at least 4 members (excludes halogenated alkanes) is 9. The summed E-state index contributed by atoms with van der Waals surface area (Å²) in [5.74, 6) is 0.951. The molecule has 2 aromatic rings. The molecule has 0 fully saturated rings. The Morgan fingerprint density at radius 1 is 0.719 bits per heavy atom. The minimum atomic E-state index is 0.809. The zero-order valence-corrected chi connectivity index (χ0v) is 21.1. The Kier molecular flexibility index (Phi) is 13.7. The minimum Gasteiger partial charge on any atom is -0.494 e. The molecule has 0 radical (unpaired) electrons. The Bertz CT molecular complexity index is 773. The van der Waals surface area contributed by atoms with E-state index in [1.54, 1.807) is 0 Å². The third-order valence-electron chi connectivity index (χ3n) is 5.85. The van der Waals surface area contributed by atoms with Gasteiger partial charge in [0.1, 0.15) is 5.75 Å². The van der Waals surface area contributed by atoms with E-state index >= 15 is 0 Å². The van der Waals surface area contributed by atoms with Crippen molar-refractivity contribution in [1.82, 2.24) is 0 Å². The van der Waals surface area contributed by atoms with E-state index in [9.17, 15) is 0 Å². The van der Waals surface area contributed by atoms with Crippen molar-refractivity contribution in [3.63, 3.8) is 0 Å². The van der Waals surface area contributed by atoms with E-state index in [0.29, 0.717) is 0 Å². The van der Waals surface area contributed by atoms with Gasteiger partial charge < -0.3 is 4.74 Å². The highest BCUT2D eigenvalue weighted by molar-refractivity contribution is 7.81. The topological polar surface area (TPSA) is 9.23 Å². The number of aryl methyl sites for hydroxylation is 1. The Morgan fingerprint density at radius 2 is 1.31 bits per heavy atom. The number of rotatable bonds is 17. The minimum absolute atomic E-state index is 0.809. The lowest BCUT2D eigenvalue weighted by Gasteiger charge is -2.07. The summed E-state index contributed by atoms with van der Waals surface area (Å²) in [5.41, 5.74) is 3.62. The molecule has 0 saturated heterocycles. The molecule has 0 aliphatic carbocycles. The van der Waals surface area contributed by atoms with Crippen LogP contribution in [0.1, 0.15) is 101 Å². The summed E-state index contributed by atoms with van der Waals surface area (Å²) in [6.45, 7) is 5.29. The van der Waals surface area contributed by atoms with Crippen LogP contribution in [0.3, 0.4) is 0 Å². The molecule has 0 aliphatic rings. The molecule has 0 aromatic heterocycles. The molecular weight excluding hydrogens is 408 g/mol. The highest BCUT2D eigenvalue weighted by Gasteiger charge is 1.99. The molecule has 1 nitrogen and oxygen atoms in total. The van der Waals surface area contributed by atoms with E-state index in [1.165, 1.54) is 69.8 Å². The maximum absolute atomic E-state index is 5.91. The number of benzene rings is 2. The fourth-order valence-electron chi connectivity index (χ4n) is 3.85. The van der Waals surface area contributed by atoms with Gasteiger partial charge in [-0.25, -0.2) is 0 Å². The molecule has 32 heavy (non-hydrogen) atoms. The molecule has 2 heteroatoms. The lowest BCUT2D eigenvalue weighted by atomic mass is 10.1. The van der Waals surface area contributed by atoms with Crippen molar-refractivity contribution >= 4 is 23.2 Å². The van der Waals surface area contributed by atoms with Crippen LogP contribution in [-0.4, -0.2) is 11.5 Å². The summed E-state index contributed by atoms with van der Waals surface area (Å²) in [7, 11) is 0. The van der Waals surface area contributed by atoms with Gasteiger partial charge in [-0.15, -0.1) is 0 Å². The van der Waals surface area contributed by atoms with E-state index in [-0.39, 0.29) is 0 Å². The Morgan fingerprint density at radius 3 is 1.91 bits per heavy atom. The van der Waals surface area contributed by atoms with Gasteiger partial charge in [0.2, 0.25) is 0 Å². The molecule has 0 bridgehead atoms. The molecule has 0 atom stereocenters. The van der Waals surface area contributed by atoms with E-state index in [4.69, 9.17) is 17.0 Å². The van der Waals surface area contributed by atoms with Gasteiger partial charge in [0.05, 0.1) is 6.61 Å². The molecule has 2 aromatic carbocycles. The zero-order chi connectivity index (χ0) is 22.9. The van der Waals surface area contributed by atoms with Crippen molar-refractivity contribution in [2.45, 2.75) is 90.9 Å². The lowest BCUT2D eigenvalue weighted by molar-refractivity contribution is 0.304. The summed E-state index contributed by atoms with van der Waals surface area (Å²) in [6, 6.07) is 16.9. The van der Waals surface area contributed by atoms with Gasteiger partial charge in [0.15, 0.2) is 0 Å². The van der Waals surface area contributed by atoms with Crippen LogP contribution in [0.4, 0.5) is 0 Å². The molecule has 0 spiro atoms. The normalized spacial score (nSPS) is 11.2. The van der Waals surface area contributed by atoms with E-state index < -0.39 is 0 Å². The van der Waals surface area contributed by atoms with E-state index in [2.05, 4.69) is 68.5 Å². The number of hydrogen-bond donors (Lipinski definition) is 0. The molecule has 0 N–H and O–H groups in total. The Balaban J connectivity index is 1.61. The number of hydrogen-bond acceptors (Lipinski definition) is 2. The molecular formula is C30H42OS. The standard InChI is InChI=1S/C30H42OS/c1-3-5-6-7-8-9-10-11-12-13-25-31-29-22-17-27(18-23-29)19-24-30(32)28-20-15-26(14-4-2)16-21-28/h15-24H,3-14,25H2,1-2H3. The average Bonchev–Trinajstić information content (AvgIpc) is 2.82. The first-order chi connectivity index (χ1) is 15.7. The predicted molar refractivity (Wildman–Crippen MR) is 145 cm³/mol. The van der Waals surface area contributed by atoms with Crippen LogP contribution in [0.5, 0.6) is 5.75 Å². The number of thiocarbonyl (C=S) groups is 1. The van der Waals surface area contributed by atoms with Gasteiger partial charge in [-0.05, 0) is 47.7 Å². The fraction of sp³-hybridized carbons (Fsp3) is 0.500. The van der Waals surface area contributed by atoms with Crippen LogP contribution in [0.15, 0.2) is 54.6 Å². The van der Waals surface area contributed by atoms with E-state index in [1.807, 2.05) is 6.08 Å². The molecule has 0 aliphatic heterocycles. The van der Waals surface area contributed by atoms with Gasteiger partial charge in [0, 0.05) is 4.86 Å². The third kappa shape index (κ3) is 11.1. The molecule has 174 valence electrons. The summed E-state index contributed by atoms with van der Waals surface area (Å²) >= 11 is 5.57. The first-order valence-electron chi connectivity index (χ1n) is 12.8. The van der Waals surface area contributed by atoms with Crippen molar-refractivity contribution in [3.8, 4) is 5.75 Å². The second-order valence-corrected chi connectivity index (χ2v) is 9.18. The maximum atomic E-state index is 5.91. The van der Waals surface area contributed by atoms with Crippen molar-refractivity contribution < 1.29 is 4.74 Å². The van der Waals surface area contributed by atoms with Gasteiger partial charge in [0.25, 0.3) is 0 Å². The van der Waals surface area contributed by atoms with Gasteiger partial charge >= 0.3 is 0 Å². The van der Waals surface area contributed by atoms with Crippen LogP contribution >= 0.6 is 12.2 Å². The van der Waals surface area contributed by atoms with Crippen molar-refractivity contribution in [3.05, 3.63) is 71.3 Å². The number of ether oxygens (including phenoxy) is 1. The SMILES string of the molecule is CCCCCCCCCCCCOc1ccc(C=CC(=S)c2ccc(CCC)cc2)cc1. The molecule has 0 amide bonds. The summed E-state index contributed by atoms with van der Waals surface area (Å²) in [5, 5.41) is 0. The van der Waals surface area contributed by atoms with Gasteiger partial charge in [-0.3, -0.25) is 0 Å².